The van der Waals surface area contributed by atoms with Crippen LogP contribution in [0.1, 0.15) is 18.1 Å². The highest BCUT2D eigenvalue weighted by molar-refractivity contribution is 6.32. The lowest BCUT2D eigenvalue weighted by Gasteiger charge is -2.11. The maximum Gasteiger partial charge on any atom is 0.179 e. The Morgan fingerprint density at radius 3 is 2.38 bits per heavy atom. The number of hydrazone groups is 1. The van der Waals surface area contributed by atoms with Gasteiger partial charge in [-0.05, 0) is 42.3 Å². The molecule has 6 nitrogen and oxygen atoms in total. The van der Waals surface area contributed by atoms with Crippen LogP contribution in [0.4, 0.5) is 0 Å². The van der Waals surface area contributed by atoms with Gasteiger partial charge >= 0.3 is 0 Å². The molecule has 140 valence electrons. The number of benzene rings is 2. The molecule has 0 saturated heterocycles. The Morgan fingerprint density at radius 1 is 1.00 bits per heavy atom. The Labute approximate surface area is 158 Å². The van der Waals surface area contributed by atoms with Gasteiger partial charge in [0.2, 0.25) is 0 Å². The fourth-order valence-corrected chi connectivity index (χ4v) is 2.62. The summed E-state index contributed by atoms with van der Waals surface area (Å²) in [7, 11) is 4.79. The quantitative estimate of drug-likeness (QED) is 0.530. The highest BCUT2D eigenvalue weighted by Crippen LogP contribution is 2.36. The second-order valence-electron chi connectivity index (χ2n) is 5.25. The third kappa shape index (κ3) is 4.95. The van der Waals surface area contributed by atoms with Crippen LogP contribution in [0.3, 0.4) is 0 Å². The molecule has 0 aliphatic carbocycles. The van der Waals surface area contributed by atoms with Crippen LogP contribution in [0.2, 0.25) is 5.02 Å². The fraction of sp³-hybridized carbons (Fsp3) is 0.316. The van der Waals surface area contributed by atoms with E-state index >= 15 is 0 Å². The molecule has 0 heterocycles. The van der Waals surface area contributed by atoms with Crippen LogP contribution < -0.4 is 24.4 Å². The van der Waals surface area contributed by atoms with E-state index in [0.29, 0.717) is 41.2 Å². The summed E-state index contributed by atoms with van der Waals surface area (Å²) in [5.74, 6) is 2.47. The second-order valence-corrected chi connectivity index (χ2v) is 5.66. The minimum atomic E-state index is 0.479. The molecule has 0 spiro atoms. The summed E-state index contributed by atoms with van der Waals surface area (Å²) < 4.78 is 21.3. The fourth-order valence-electron chi connectivity index (χ4n) is 2.35. The summed E-state index contributed by atoms with van der Waals surface area (Å²) >= 11 is 6.25. The summed E-state index contributed by atoms with van der Waals surface area (Å²) in [6.07, 6.45) is 1.67. The first-order chi connectivity index (χ1) is 12.6. The van der Waals surface area contributed by atoms with Gasteiger partial charge in [-0.1, -0.05) is 17.7 Å². The first-order valence-electron chi connectivity index (χ1n) is 8.10. The topological polar surface area (TPSA) is 61.3 Å². The van der Waals surface area contributed by atoms with Gasteiger partial charge in [-0.25, -0.2) is 0 Å². The van der Waals surface area contributed by atoms with E-state index in [1.54, 1.807) is 33.6 Å². The van der Waals surface area contributed by atoms with Gasteiger partial charge in [-0.3, -0.25) is 0 Å². The normalized spacial score (nSPS) is 10.7. The molecule has 26 heavy (non-hydrogen) atoms. The number of hydrogen-bond acceptors (Lipinski definition) is 6. The zero-order valence-electron chi connectivity index (χ0n) is 15.3. The van der Waals surface area contributed by atoms with Crippen molar-refractivity contribution in [3.63, 3.8) is 0 Å². The maximum absolute atomic E-state index is 6.25. The number of nitrogens with zero attached hydrogens (tertiary/aromatic N) is 1. The summed E-state index contributed by atoms with van der Waals surface area (Å²) in [6.45, 7) is 2.94. The van der Waals surface area contributed by atoms with E-state index in [1.165, 1.54) is 0 Å². The minimum absolute atomic E-state index is 0.479. The molecule has 0 fully saturated rings. The molecule has 2 rings (SSSR count). The summed E-state index contributed by atoms with van der Waals surface area (Å²) in [5.41, 5.74) is 4.81. The molecule has 0 aliphatic heterocycles. The first kappa shape index (κ1) is 19.7. The average Bonchev–Trinajstić information content (AvgIpc) is 2.66. The highest BCUT2D eigenvalue weighted by Gasteiger charge is 2.10. The molecule has 2 aromatic carbocycles. The summed E-state index contributed by atoms with van der Waals surface area (Å²) in [5, 5.41) is 4.70. The van der Waals surface area contributed by atoms with E-state index < -0.39 is 0 Å². The van der Waals surface area contributed by atoms with Crippen molar-refractivity contribution in [2.45, 2.75) is 13.5 Å². The molecule has 0 unspecified atom stereocenters. The lowest BCUT2D eigenvalue weighted by molar-refractivity contribution is 0.311. The minimum Gasteiger partial charge on any atom is -0.493 e. The molecule has 0 aliphatic rings. The average molecular weight is 379 g/mol. The lowest BCUT2D eigenvalue weighted by Crippen LogP contribution is -2.06. The van der Waals surface area contributed by atoms with Gasteiger partial charge in [0.15, 0.2) is 23.0 Å². The molecular formula is C19H23ClN2O4. The Bertz CT molecular complexity index is 765. The maximum atomic E-state index is 6.25. The van der Waals surface area contributed by atoms with E-state index in [1.807, 2.05) is 31.2 Å². The molecule has 0 atom stereocenters. The van der Waals surface area contributed by atoms with Crippen LogP contribution in [-0.2, 0) is 6.54 Å². The van der Waals surface area contributed by atoms with Gasteiger partial charge in [0.25, 0.3) is 0 Å². The highest BCUT2D eigenvalue weighted by atomic mass is 35.5. The second kappa shape index (κ2) is 9.77. The predicted octanol–water partition coefficient (Wildman–Crippen LogP) is 3.89. The van der Waals surface area contributed by atoms with Gasteiger partial charge in [-0.2, -0.15) is 5.10 Å². The SMILES string of the molecule is CCOc1c(Cl)cc(/C=N\NCc2ccc(OC)c(OC)c2)cc1OC. The number of nitrogens with one attached hydrogen (secondary N) is 1. The van der Waals surface area contributed by atoms with Crippen molar-refractivity contribution in [2.24, 2.45) is 5.10 Å². The lowest BCUT2D eigenvalue weighted by atomic mass is 10.2. The van der Waals surface area contributed by atoms with Crippen LogP contribution in [0.5, 0.6) is 23.0 Å². The molecule has 7 heteroatoms. The first-order valence-corrected chi connectivity index (χ1v) is 8.47. The standard InChI is InChI=1S/C19H23ClN2O4/c1-5-26-19-15(20)8-14(10-18(19)25-4)12-22-21-11-13-6-7-16(23-2)17(9-13)24-3/h6-10,12,21H,5,11H2,1-4H3/b22-12-. The molecule has 0 aromatic heterocycles. The van der Waals surface area contributed by atoms with E-state index in [0.717, 1.165) is 11.1 Å². The van der Waals surface area contributed by atoms with Gasteiger partial charge < -0.3 is 24.4 Å². The van der Waals surface area contributed by atoms with E-state index in [2.05, 4.69) is 10.5 Å². The van der Waals surface area contributed by atoms with Crippen molar-refractivity contribution < 1.29 is 18.9 Å². The Morgan fingerprint density at radius 2 is 1.73 bits per heavy atom. The monoisotopic (exact) mass is 378 g/mol. The predicted molar refractivity (Wildman–Crippen MR) is 103 cm³/mol. The van der Waals surface area contributed by atoms with Crippen molar-refractivity contribution in [1.82, 2.24) is 5.43 Å². The molecule has 0 bridgehead atoms. The van der Waals surface area contributed by atoms with Gasteiger partial charge in [0.05, 0.1) is 45.7 Å². The van der Waals surface area contributed by atoms with Crippen LogP contribution in [0.15, 0.2) is 35.4 Å². The van der Waals surface area contributed by atoms with Crippen LogP contribution in [0.25, 0.3) is 0 Å². The molecule has 1 N–H and O–H groups in total. The van der Waals surface area contributed by atoms with E-state index in [-0.39, 0.29) is 0 Å². The molecule has 0 amide bonds. The van der Waals surface area contributed by atoms with Gasteiger partial charge in [0.1, 0.15) is 0 Å². The number of hydrogen-bond donors (Lipinski definition) is 1. The van der Waals surface area contributed by atoms with Crippen molar-refractivity contribution in [2.75, 3.05) is 27.9 Å². The van der Waals surface area contributed by atoms with Crippen molar-refractivity contribution in [3.8, 4) is 23.0 Å². The molecular weight excluding hydrogens is 356 g/mol. The van der Waals surface area contributed by atoms with Crippen molar-refractivity contribution >= 4 is 17.8 Å². The Kier molecular flexibility index (Phi) is 7.41. The zero-order chi connectivity index (χ0) is 18.9. The number of ether oxygens (including phenoxy) is 4. The third-order valence-electron chi connectivity index (χ3n) is 3.58. The van der Waals surface area contributed by atoms with Crippen molar-refractivity contribution in [1.29, 1.82) is 0 Å². The third-order valence-corrected chi connectivity index (χ3v) is 3.86. The van der Waals surface area contributed by atoms with Gasteiger partial charge in [-0.15, -0.1) is 0 Å². The van der Waals surface area contributed by atoms with Crippen LogP contribution in [0, 0.1) is 0 Å². The molecule has 0 saturated carbocycles. The molecule has 2 aromatic rings. The van der Waals surface area contributed by atoms with Crippen LogP contribution in [-0.4, -0.2) is 34.2 Å². The van der Waals surface area contributed by atoms with E-state index in [4.69, 9.17) is 30.5 Å². The van der Waals surface area contributed by atoms with Gasteiger partial charge in [0, 0.05) is 0 Å². The number of rotatable bonds is 9. The van der Waals surface area contributed by atoms with Crippen LogP contribution >= 0.6 is 11.6 Å². The Balaban J connectivity index is 2.03. The van der Waals surface area contributed by atoms with E-state index in [9.17, 15) is 0 Å². The molecule has 0 radical (unpaired) electrons. The van der Waals surface area contributed by atoms with Crippen molar-refractivity contribution in [3.05, 3.63) is 46.5 Å². The number of halogens is 1. The summed E-state index contributed by atoms with van der Waals surface area (Å²) in [6, 6.07) is 9.30. The smallest absolute Gasteiger partial charge is 0.179 e. The zero-order valence-corrected chi connectivity index (χ0v) is 16.1. The largest absolute Gasteiger partial charge is 0.493 e. The summed E-state index contributed by atoms with van der Waals surface area (Å²) in [4.78, 5) is 0. The Hall–Kier alpha value is -2.60. The number of methoxy groups -OCH3 is 3.